The number of aromatic nitrogens is 3. The minimum Gasteiger partial charge on any atom is -0.493 e. The minimum absolute atomic E-state index is 0.251. The lowest BCUT2D eigenvalue weighted by atomic mass is 10.2. The van der Waals surface area contributed by atoms with Crippen LogP contribution in [0, 0.1) is 0 Å². The van der Waals surface area contributed by atoms with Crippen molar-refractivity contribution in [2.24, 2.45) is 0 Å². The van der Waals surface area contributed by atoms with Crippen molar-refractivity contribution in [2.75, 3.05) is 20.3 Å². The van der Waals surface area contributed by atoms with Gasteiger partial charge in [-0.05, 0) is 29.8 Å². The maximum Gasteiger partial charge on any atom is 0.315 e. The molecule has 1 heterocycles. The summed E-state index contributed by atoms with van der Waals surface area (Å²) >= 11 is 0. The summed E-state index contributed by atoms with van der Waals surface area (Å²) in [5, 5.41) is 9.64. The Bertz CT molecular complexity index is 850. The number of urea groups is 1. The van der Waals surface area contributed by atoms with Crippen LogP contribution in [0.2, 0.25) is 0 Å². The first-order valence-electron chi connectivity index (χ1n) is 8.48. The van der Waals surface area contributed by atoms with Crippen molar-refractivity contribution in [1.82, 2.24) is 25.4 Å². The quantitative estimate of drug-likeness (QED) is 0.596. The zero-order chi connectivity index (χ0) is 18.9. The highest BCUT2D eigenvalue weighted by molar-refractivity contribution is 5.73. The van der Waals surface area contributed by atoms with Gasteiger partial charge in [-0.25, -0.2) is 14.5 Å². The number of rotatable bonds is 8. The molecule has 0 unspecified atom stereocenters. The normalized spacial score (nSPS) is 10.3. The van der Waals surface area contributed by atoms with E-state index in [1.54, 1.807) is 18.1 Å². The molecule has 3 rings (SSSR count). The first kappa shape index (κ1) is 18.2. The van der Waals surface area contributed by atoms with Gasteiger partial charge in [-0.15, -0.1) is 0 Å². The lowest BCUT2D eigenvalue weighted by Crippen LogP contribution is -2.37. The standard InChI is InChI=1S/C19H21N5O3/c1-26-17-4-2-3-5-18(17)27-11-10-21-19(25)22-12-15-6-8-16(9-7-15)24-14-20-13-23-24/h2-9,13-14H,10-12H2,1H3,(H2,21,22,25). The fourth-order valence-corrected chi connectivity index (χ4v) is 2.42. The summed E-state index contributed by atoms with van der Waals surface area (Å²) in [6, 6.07) is 14.8. The summed E-state index contributed by atoms with van der Waals surface area (Å²) in [7, 11) is 1.59. The van der Waals surface area contributed by atoms with Crippen LogP contribution in [0.1, 0.15) is 5.56 Å². The number of nitrogens with one attached hydrogen (secondary N) is 2. The summed E-state index contributed by atoms with van der Waals surface area (Å²) < 4.78 is 12.5. The minimum atomic E-state index is -0.251. The van der Waals surface area contributed by atoms with Crippen LogP contribution < -0.4 is 20.1 Å². The second-order valence-corrected chi connectivity index (χ2v) is 5.62. The Morgan fingerprint density at radius 2 is 1.85 bits per heavy atom. The molecular formula is C19H21N5O3. The topological polar surface area (TPSA) is 90.3 Å². The van der Waals surface area contributed by atoms with Gasteiger partial charge in [0.1, 0.15) is 19.3 Å². The number of hydrogen-bond acceptors (Lipinski definition) is 5. The van der Waals surface area contributed by atoms with Crippen LogP contribution in [0.15, 0.2) is 61.2 Å². The summed E-state index contributed by atoms with van der Waals surface area (Å²) in [6.07, 6.45) is 3.12. The summed E-state index contributed by atoms with van der Waals surface area (Å²) in [4.78, 5) is 15.8. The van der Waals surface area contributed by atoms with Gasteiger partial charge in [0, 0.05) is 6.54 Å². The Labute approximate surface area is 157 Å². The van der Waals surface area contributed by atoms with E-state index in [0.29, 0.717) is 31.2 Å². The number of amides is 2. The molecule has 0 saturated carbocycles. The van der Waals surface area contributed by atoms with Crippen LogP contribution in [0.3, 0.4) is 0 Å². The molecule has 2 aromatic carbocycles. The smallest absolute Gasteiger partial charge is 0.315 e. The molecule has 0 fully saturated rings. The average Bonchev–Trinajstić information content (AvgIpc) is 3.25. The molecule has 0 bridgehead atoms. The van der Waals surface area contributed by atoms with Crippen LogP contribution in [0.5, 0.6) is 11.5 Å². The van der Waals surface area contributed by atoms with E-state index in [4.69, 9.17) is 9.47 Å². The highest BCUT2D eigenvalue weighted by Gasteiger charge is 2.04. The highest BCUT2D eigenvalue weighted by Crippen LogP contribution is 2.25. The van der Waals surface area contributed by atoms with Crippen molar-refractivity contribution in [3.8, 4) is 17.2 Å². The molecule has 8 nitrogen and oxygen atoms in total. The Hall–Kier alpha value is -3.55. The zero-order valence-electron chi connectivity index (χ0n) is 15.0. The predicted molar refractivity (Wildman–Crippen MR) is 100 cm³/mol. The van der Waals surface area contributed by atoms with Gasteiger partial charge >= 0.3 is 6.03 Å². The Kier molecular flexibility index (Phi) is 6.24. The van der Waals surface area contributed by atoms with E-state index in [-0.39, 0.29) is 6.03 Å². The molecule has 3 aromatic rings. The molecule has 0 saturated heterocycles. The van der Waals surface area contributed by atoms with Crippen molar-refractivity contribution in [3.63, 3.8) is 0 Å². The zero-order valence-corrected chi connectivity index (χ0v) is 15.0. The Morgan fingerprint density at radius 1 is 1.07 bits per heavy atom. The predicted octanol–water partition coefficient (Wildman–Crippen LogP) is 2.15. The van der Waals surface area contributed by atoms with Crippen molar-refractivity contribution in [3.05, 3.63) is 66.7 Å². The fourth-order valence-electron chi connectivity index (χ4n) is 2.42. The van der Waals surface area contributed by atoms with Crippen LogP contribution in [0.25, 0.3) is 5.69 Å². The monoisotopic (exact) mass is 367 g/mol. The van der Waals surface area contributed by atoms with Gasteiger partial charge in [0.15, 0.2) is 11.5 Å². The molecule has 27 heavy (non-hydrogen) atoms. The lowest BCUT2D eigenvalue weighted by Gasteiger charge is -2.11. The Balaban J connectivity index is 1.37. The molecule has 0 atom stereocenters. The molecule has 2 N–H and O–H groups in total. The second-order valence-electron chi connectivity index (χ2n) is 5.62. The molecule has 1 aromatic heterocycles. The highest BCUT2D eigenvalue weighted by atomic mass is 16.5. The van der Waals surface area contributed by atoms with Crippen molar-refractivity contribution < 1.29 is 14.3 Å². The second kappa shape index (κ2) is 9.23. The van der Waals surface area contributed by atoms with Gasteiger partial charge in [0.05, 0.1) is 19.3 Å². The molecular weight excluding hydrogens is 346 g/mol. The summed E-state index contributed by atoms with van der Waals surface area (Å²) in [5.41, 5.74) is 1.90. The number of benzene rings is 2. The molecule has 0 aliphatic heterocycles. The number of methoxy groups -OCH3 is 1. The van der Waals surface area contributed by atoms with E-state index in [9.17, 15) is 4.79 Å². The summed E-state index contributed by atoms with van der Waals surface area (Å²) in [6.45, 7) is 1.16. The number of hydrogen-bond donors (Lipinski definition) is 2. The molecule has 0 aliphatic rings. The van der Waals surface area contributed by atoms with Crippen LogP contribution >= 0.6 is 0 Å². The van der Waals surface area contributed by atoms with Crippen LogP contribution in [0.4, 0.5) is 4.79 Å². The van der Waals surface area contributed by atoms with E-state index in [1.807, 2.05) is 48.5 Å². The van der Waals surface area contributed by atoms with Crippen LogP contribution in [-0.4, -0.2) is 41.1 Å². The number of nitrogens with zero attached hydrogens (tertiary/aromatic N) is 3. The van der Waals surface area contributed by atoms with E-state index in [1.165, 1.54) is 6.33 Å². The number of carbonyl (C=O) groups excluding carboxylic acids is 1. The van der Waals surface area contributed by atoms with E-state index in [2.05, 4.69) is 20.7 Å². The first-order valence-corrected chi connectivity index (χ1v) is 8.48. The third-order valence-electron chi connectivity index (χ3n) is 3.79. The van der Waals surface area contributed by atoms with E-state index >= 15 is 0 Å². The number of carbonyl (C=O) groups is 1. The Morgan fingerprint density at radius 3 is 2.56 bits per heavy atom. The van der Waals surface area contributed by atoms with Crippen molar-refractivity contribution >= 4 is 6.03 Å². The molecule has 0 radical (unpaired) electrons. The van der Waals surface area contributed by atoms with Crippen molar-refractivity contribution in [2.45, 2.75) is 6.54 Å². The van der Waals surface area contributed by atoms with Gasteiger partial charge in [0.25, 0.3) is 0 Å². The number of ether oxygens (including phenoxy) is 2. The van der Waals surface area contributed by atoms with E-state index < -0.39 is 0 Å². The molecule has 140 valence electrons. The largest absolute Gasteiger partial charge is 0.493 e. The van der Waals surface area contributed by atoms with Gasteiger partial charge in [-0.3, -0.25) is 0 Å². The molecule has 8 heteroatoms. The van der Waals surface area contributed by atoms with Gasteiger partial charge in [-0.1, -0.05) is 24.3 Å². The van der Waals surface area contributed by atoms with Gasteiger partial charge in [-0.2, -0.15) is 5.10 Å². The molecule has 2 amide bonds. The van der Waals surface area contributed by atoms with Crippen LogP contribution in [-0.2, 0) is 6.54 Å². The SMILES string of the molecule is COc1ccccc1OCCNC(=O)NCc1ccc(-n2cncn2)cc1. The van der Waals surface area contributed by atoms with Crippen molar-refractivity contribution in [1.29, 1.82) is 0 Å². The lowest BCUT2D eigenvalue weighted by molar-refractivity contribution is 0.235. The average molecular weight is 367 g/mol. The maximum absolute atomic E-state index is 11.9. The molecule has 0 aliphatic carbocycles. The van der Waals surface area contributed by atoms with Gasteiger partial charge in [0.2, 0.25) is 0 Å². The third-order valence-corrected chi connectivity index (χ3v) is 3.79. The third kappa shape index (κ3) is 5.21. The number of para-hydroxylation sites is 2. The maximum atomic E-state index is 11.9. The first-order chi connectivity index (χ1) is 13.3. The molecule has 0 spiro atoms. The van der Waals surface area contributed by atoms with Gasteiger partial charge < -0.3 is 20.1 Å². The summed E-state index contributed by atoms with van der Waals surface area (Å²) in [5.74, 6) is 1.31. The fraction of sp³-hybridized carbons (Fsp3) is 0.211. The van der Waals surface area contributed by atoms with E-state index in [0.717, 1.165) is 11.3 Å².